The van der Waals surface area contributed by atoms with Crippen molar-refractivity contribution >= 4 is 18.0 Å². The second-order valence-corrected chi connectivity index (χ2v) is 9.11. The molecule has 186 valence electrons. The van der Waals surface area contributed by atoms with Gasteiger partial charge in [0.15, 0.2) is 0 Å². The smallest absolute Gasteiger partial charge is 0.407 e. The predicted molar refractivity (Wildman–Crippen MR) is 130 cm³/mol. The number of carbonyl (C=O) groups excluding carboxylic acids is 2. The molecule has 2 aromatic rings. The van der Waals surface area contributed by atoms with Gasteiger partial charge in [-0.1, -0.05) is 61.4 Å². The third-order valence-electron chi connectivity index (χ3n) is 7.01. The number of carboxylic acids is 1. The molecule has 0 bridgehead atoms. The van der Waals surface area contributed by atoms with Gasteiger partial charge in [0.2, 0.25) is 5.91 Å². The number of fused-ring (bicyclic) bond motifs is 3. The molecular weight excluding hydrogens is 448 g/mol. The summed E-state index contributed by atoms with van der Waals surface area (Å²) in [6, 6.07) is 15.9. The minimum atomic E-state index is -0.888. The van der Waals surface area contributed by atoms with Crippen LogP contribution in [0.15, 0.2) is 48.5 Å². The molecule has 0 radical (unpaired) electrons. The van der Waals surface area contributed by atoms with Crippen LogP contribution >= 0.6 is 0 Å². The van der Waals surface area contributed by atoms with Gasteiger partial charge in [0.05, 0.1) is 5.92 Å². The van der Waals surface area contributed by atoms with E-state index in [-0.39, 0.29) is 31.4 Å². The lowest BCUT2D eigenvalue weighted by molar-refractivity contribution is -0.144. The first-order chi connectivity index (χ1) is 17.0. The van der Waals surface area contributed by atoms with Crippen LogP contribution in [0.3, 0.4) is 0 Å². The lowest BCUT2D eigenvalue weighted by Gasteiger charge is -2.30. The maximum Gasteiger partial charge on any atom is 0.407 e. The summed E-state index contributed by atoms with van der Waals surface area (Å²) < 4.78 is 10.8. The zero-order chi connectivity index (χ0) is 24.8. The molecule has 8 nitrogen and oxygen atoms in total. The molecule has 0 saturated heterocycles. The highest BCUT2D eigenvalue weighted by Gasteiger charge is 2.33. The molecule has 4 rings (SSSR count). The van der Waals surface area contributed by atoms with Crippen molar-refractivity contribution in [2.75, 3.05) is 20.3 Å². The average molecular weight is 481 g/mol. The number of methoxy groups -OCH3 is 1. The van der Waals surface area contributed by atoms with Crippen LogP contribution < -0.4 is 10.6 Å². The van der Waals surface area contributed by atoms with Crippen molar-refractivity contribution in [2.24, 2.45) is 5.92 Å². The molecule has 1 saturated carbocycles. The Kier molecular flexibility index (Phi) is 8.02. The van der Waals surface area contributed by atoms with E-state index in [0.29, 0.717) is 12.8 Å². The number of carboxylic acid groups (broad SMARTS) is 1. The SMILES string of the molecule is COC(CCNC(=O)OCC1c2ccccc2-c2ccccc21)C(=O)N[C@@H]1CCCC[C@@H]1C(=O)O. The number of aliphatic carboxylic acids is 1. The van der Waals surface area contributed by atoms with Gasteiger partial charge in [-0.25, -0.2) is 4.79 Å². The standard InChI is InChI=1S/C27H32N2O6/c1-34-24(25(30)29-23-13-7-6-12-21(23)26(31)32)14-15-28-27(33)35-16-22-19-10-4-2-8-17(19)18-9-3-5-11-20(18)22/h2-5,8-11,21-24H,6-7,12-16H2,1H3,(H,28,33)(H,29,30)(H,31,32)/t21-,23+,24?/m0/s1. The summed E-state index contributed by atoms with van der Waals surface area (Å²) in [4.78, 5) is 36.5. The number of carbonyl (C=O) groups is 3. The molecule has 0 aromatic heterocycles. The Hall–Kier alpha value is -3.39. The van der Waals surface area contributed by atoms with E-state index < -0.39 is 30.1 Å². The largest absolute Gasteiger partial charge is 0.481 e. The summed E-state index contributed by atoms with van der Waals surface area (Å²) >= 11 is 0. The molecule has 8 heteroatoms. The Labute approximate surface area is 205 Å². The van der Waals surface area contributed by atoms with Crippen LogP contribution in [0.4, 0.5) is 4.79 Å². The van der Waals surface area contributed by atoms with Crippen molar-refractivity contribution in [3.63, 3.8) is 0 Å². The Bertz CT molecular complexity index is 1030. The Balaban J connectivity index is 1.25. The number of hydrogen-bond acceptors (Lipinski definition) is 5. The minimum absolute atomic E-state index is 0.0247. The molecule has 1 unspecified atom stereocenters. The van der Waals surface area contributed by atoms with Gasteiger partial charge < -0.3 is 25.2 Å². The van der Waals surface area contributed by atoms with Crippen molar-refractivity contribution in [3.05, 3.63) is 59.7 Å². The van der Waals surface area contributed by atoms with Crippen molar-refractivity contribution < 1.29 is 29.0 Å². The van der Waals surface area contributed by atoms with E-state index >= 15 is 0 Å². The van der Waals surface area contributed by atoms with Gasteiger partial charge >= 0.3 is 12.1 Å². The summed E-state index contributed by atoms with van der Waals surface area (Å²) in [7, 11) is 1.42. The zero-order valence-electron chi connectivity index (χ0n) is 19.9. The molecule has 0 spiro atoms. The van der Waals surface area contributed by atoms with E-state index in [4.69, 9.17) is 9.47 Å². The summed E-state index contributed by atoms with van der Waals surface area (Å²) in [5.74, 6) is -1.85. The maximum absolute atomic E-state index is 12.6. The quantitative estimate of drug-likeness (QED) is 0.504. The highest BCUT2D eigenvalue weighted by molar-refractivity contribution is 5.82. The number of alkyl carbamates (subject to hydrolysis) is 1. The summed E-state index contributed by atoms with van der Waals surface area (Å²) in [6.45, 7) is 0.405. The van der Waals surface area contributed by atoms with Gasteiger partial charge in [-0.2, -0.15) is 0 Å². The van der Waals surface area contributed by atoms with Gasteiger partial charge in [0.25, 0.3) is 0 Å². The topological polar surface area (TPSA) is 114 Å². The second kappa shape index (κ2) is 11.4. The third kappa shape index (κ3) is 5.65. The predicted octanol–water partition coefficient (Wildman–Crippen LogP) is 3.69. The first-order valence-electron chi connectivity index (χ1n) is 12.1. The lowest BCUT2D eigenvalue weighted by Crippen LogP contribution is -2.49. The van der Waals surface area contributed by atoms with Gasteiger partial charge in [-0.15, -0.1) is 0 Å². The van der Waals surface area contributed by atoms with Crippen LogP contribution in [-0.4, -0.2) is 55.5 Å². The number of rotatable bonds is 9. The summed E-state index contributed by atoms with van der Waals surface area (Å²) in [6.07, 6.45) is 1.83. The number of amides is 2. The number of benzene rings is 2. The van der Waals surface area contributed by atoms with E-state index in [2.05, 4.69) is 34.9 Å². The molecule has 2 aliphatic carbocycles. The highest BCUT2D eigenvalue weighted by Crippen LogP contribution is 2.44. The monoisotopic (exact) mass is 480 g/mol. The van der Waals surface area contributed by atoms with Crippen molar-refractivity contribution in [3.8, 4) is 11.1 Å². The maximum atomic E-state index is 12.6. The van der Waals surface area contributed by atoms with Crippen molar-refractivity contribution in [1.82, 2.24) is 10.6 Å². The highest BCUT2D eigenvalue weighted by atomic mass is 16.5. The van der Waals surface area contributed by atoms with Crippen LogP contribution in [0.5, 0.6) is 0 Å². The first-order valence-corrected chi connectivity index (χ1v) is 12.1. The molecule has 2 aromatic carbocycles. The lowest BCUT2D eigenvalue weighted by atomic mass is 9.84. The number of hydrogen-bond donors (Lipinski definition) is 3. The van der Waals surface area contributed by atoms with Crippen LogP contribution in [0.25, 0.3) is 11.1 Å². The van der Waals surface area contributed by atoms with E-state index in [1.807, 2.05) is 24.3 Å². The van der Waals surface area contributed by atoms with Crippen LogP contribution in [0.1, 0.15) is 49.1 Å². The van der Waals surface area contributed by atoms with Crippen LogP contribution in [-0.2, 0) is 19.1 Å². The molecular formula is C27H32N2O6. The summed E-state index contributed by atoms with van der Waals surface area (Å²) in [5.41, 5.74) is 4.60. The van der Waals surface area contributed by atoms with Crippen LogP contribution in [0, 0.1) is 5.92 Å². The normalized spacial score (nSPS) is 19.8. The molecule has 0 heterocycles. The molecule has 1 fully saturated rings. The molecule has 3 N–H and O–H groups in total. The Morgan fingerprint density at radius 1 is 1.00 bits per heavy atom. The van der Waals surface area contributed by atoms with E-state index in [9.17, 15) is 19.5 Å². The van der Waals surface area contributed by atoms with Crippen LogP contribution in [0.2, 0.25) is 0 Å². The molecule has 0 aliphatic heterocycles. The van der Waals surface area contributed by atoms with Crippen molar-refractivity contribution in [2.45, 2.75) is 50.2 Å². The zero-order valence-corrected chi connectivity index (χ0v) is 19.9. The second-order valence-electron chi connectivity index (χ2n) is 9.11. The van der Waals surface area contributed by atoms with Gasteiger partial charge in [0.1, 0.15) is 12.7 Å². The summed E-state index contributed by atoms with van der Waals surface area (Å²) in [5, 5.41) is 14.9. The fourth-order valence-electron chi connectivity index (χ4n) is 5.19. The van der Waals surface area contributed by atoms with Gasteiger partial charge in [-0.05, 0) is 35.1 Å². The van der Waals surface area contributed by atoms with Gasteiger partial charge in [0, 0.05) is 32.0 Å². The average Bonchev–Trinajstić information content (AvgIpc) is 3.19. The van der Waals surface area contributed by atoms with E-state index in [1.165, 1.54) is 7.11 Å². The van der Waals surface area contributed by atoms with E-state index in [0.717, 1.165) is 35.1 Å². The van der Waals surface area contributed by atoms with Gasteiger partial charge in [-0.3, -0.25) is 9.59 Å². The van der Waals surface area contributed by atoms with Crippen molar-refractivity contribution in [1.29, 1.82) is 0 Å². The first kappa shape index (κ1) is 24.7. The number of ether oxygens (including phenoxy) is 2. The molecule has 3 atom stereocenters. The van der Waals surface area contributed by atoms with E-state index in [1.54, 1.807) is 0 Å². The fraction of sp³-hybridized carbons (Fsp3) is 0.444. The molecule has 2 aliphatic rings. The third-order valence-corrected chi connectivity index (χ3v) is 7.01. The number of nitrogens with one attached hydrogen (secondary N) is 2. The Morgan fingerprint density at radius 3 is 2.26 bits per heavy atom. The Morgan fingerprint density at radius 2 is 1.63 bits per heavy atom. The molecule has 35 heavy (non-hydrogen) atoms. The minimum Gasteiger partial charge on any atom is -0.481 e. The fourth-order valence-corrected chi connectivity index (χ4v) is 5.19. The molecule has 2 amide bonds.